The van der Waals surface area contributed by atoms with E-state index in [1.54, 1.807) is 18.2 Å². The average molecular weight is 296 g/mol. The maximum absolute atomic E-state index is 12.1. The Balaban J connectivity index is 1.64. The first kappa shape index (κ1) is 13.7. The molecule has 3 rings (SSSR count). The Morgan fingerprint density at radius 3 is 2.90 bits per heavy atom. The van der Waals surface area contributed by atoms with Crippen LogP contribution in [0.3, 0.4) is 0 Å². The van der Waals surface area contributed by atoms with E-state index in [1.165, 1.54) is 6.42 Å². The number of benzene rings is 1. The Morgan fingerprint density at radius 2 is 2.25 bits per heavy atom. The van der Waals surface area contributed by atoms with Crippen LogP contribution in [-0.4, -0.2) is 24.3 Å². The minimum absolute atomic E-state index is 0.0258. The molecule has 0 aromatic heterocycles. The zero-order valence-corrected chi connectivity index (χ0v) is 12.0. The molecule has 1 heterocycles. The van der Waals surface area contributed by atoms with Crippen LogP contribution in [0.4, 0.5) is 5.69 Å². The molecule has 2 aliphatic rings. The van der Waals surface area contributed by atoms with Gasteiger partial charge in [0.25, 0.3) is 0 Å². The summed E-state index contributed by atoms with van der Waals surface area (Å²) in [6.45, 7) is 0.667. The van der Waals surface area contributed by atoms with Crippen LogP contribution in [0.2, 0.25) is 5.02 Å². The Hall–Kier alpha value is -1.26. The first-order valence-corrected chi connectivity index (χ1v) is 7.36. The summed E-state index contributed by atoms with van der Waals surface area (Å²) in [5.41, 5.74) is 6.51. The lowest BCUT2D eigenvalue weighted by molar-refractivity contribution is -0.159. The summed E-state index contributed by atoms with van der Waals surface area (Å²) in [5.74, 6) is -0.340. The van der Waals surface area contributed by atoms with Crippen molar-refractivity contribution in [2.45, 2.75) is 43.8 Å². The topological polar surface area (TPSA) is 61.6 Å². The quantitative estimate of drug-likeness (QED) is 0.672. The summed E-state index contributed by atoms with van der Waals surface area (Å²) in [4.78, 5) is 12.1. The highest BCUT2D eigenvalue weighted by atomic mass is 35.5. The van der Waals surface area contributed by atoms with Gasteiger partial charge in [-0.1, -0.05) is 11.6 Å². The summed E-state index contributed by atoms with van der Waals surface area (Å²) >= 11 is 5.92. The van der Waals surface area contributed by atoms with Gasteiger partial charge < -0.3 is 15.2 Å². The molecule has 2 fully saturated rings. The van der Waals surface area contributed by atoms with E-state index < -0.39 is 0 Å². The summed E-state index contributed by atoms with van der Waals surface area (Å²) in [6.07, 6.45) is 4.86. The lowest BCUT2D eigenvalue weighted by Gasteiger charge is -2.46. The standard InChI is InChI=1S/C15H18ClNO3/c16-12-8-10(2-3-13(12)17)14(18)20-11-4-7-19-15(9-11)5-1-6-15/h2-3,8,11H,1,4-7,9,17H2. The van der Waals surface area contributed by atoms with Gasteiger partial charge in [0.05, 0.1) is 28.5 Å². The van der Waals surface area contributed by atoms with E-state index in [4.69, 9.17) is 26.8 Å². The van der Waals surface area contributed by atoms with Crippen molar-refractivity contribution in [1.29, 1.82) is 0 Å². The minimum atomic E-state index is -0.340. The molecule has 1 aromatic carbocycles. The van der Waals surface area contributed by atoms with Gasteiger partial charge in [-0.3, -0.25) is 0 Å². The molecule has 1 aliphatic heterocycles. The Bertz CT molecular complexity index is 528. The second kappa shape index (κ2) is 5.26. The molecule has 0 radical (unpaired) electrons. The second-order valence-corrected chi connectivity index (χ2v) is 6.05. The molecule has 0 bridgehead atoms. The van der Waals surface area contributed by atoms with Gasteiger partial charge in [0.15, 0.2) is 0 Å². The third kappa shape index (κ3) is 2.63. The smallest absolute Gasteiger partial charge is 0.338 e. The Morgan fingerprint density at radius 1 is 1.45 bits per heavy atom. The molecular weight excluding hydrogens is 278 g/mol. The molecule has 1 spiro atoms. The van der Waals surface area contributed by atoms with Crippen molar-refractivity contribution in [2.75, 3.05) is 12.3 Å². The molecule has 1 saturated heterocycles. The molecule has 4 nitrogen and oxygen atoms in total. The van der Waals surface area contributed by atoms with Crippen LogP contribution in [0.15, 0.2) is 18.2 Å². The van der Waals surface area contributed by atoms with Gasteiger partial charge in [-0.05, 0) is 37.5 Å². The fraction of sp³-hybridized carbons (Fsp3) is 0.533. The largest absolute Gasteiger partial charge is 0.459 e. The number of ether oxygens (including phenoxy) is 2. The molecule has 1 aromatic rings. The number of carbonyl (C=O) groups is 1. The Kier molecular flexibility index (Phi) is 3.61. The van der Waals surface area contributed by atoms with Crippen molar-refractivity contribution in [3.05, 3.63) is 28.8 Å². The predicted molar refractivity (Wildman–Crippen MR) is 76.8 cm³/mol. The zero-order valence-electron chi connectivity index (χ0n) is 11.2. The molecule has 2 N–H and O–H groups in total. The molecule has 0 amide bonds. The maximum atomic E-state index is 12.1. The SMILES string of the molecule is Nc1ccc(C(=O)OC2CCOC3(CCC3)C2)cc1Cl. The van der Waals surface area contributed by atoms with Crippen molar-refractivity contribution >= 4 is 23.3 Å². The monoisotopic (exact) mass is 295 g/mol. The number of halogens is 1. The number of anilines is 1. The van der Waals surface area contributed by atoms with E-state index in [0.29, 0.717) is 22.9 Å². The van der Waals surface area contributed by atoms with E-state index in [-0.39, 0.29) is 17.7 Å². The van der Waals surface area contributed by atoms with E-state index in [2.05, 4.69) is 0 Å². The van der Waals surface area contributed by atoms with Gasteiger partial charge in [0.1, 0.15) is 6.10 Å². The fourth-order valence-electron chi connectivity index (χ4n) is 2.88. The zero-order chi connectivity index (χ0) is 14.2. The third-order valence-electron chi connectivity index (χ3n) is 4.22. The number of carbonyl (C=O) groups excluding carboxylic acids is 1. The summed E-state index contributed by atoms with van der Waals surface area (Å²) in [7, 11) is 0. The number of nitrogens with two attached hydrogens (primary N) is 1. The highest BCUT2D eigenvalue weighted by Crippen LogP contribution is 2.43. The van der Waals surface area contributed by atoms with Crippen LogP contribution in [0.25, 0.3) is 0 Å². The Labute approximate surface area is 123 Å². The number of hydrogen-bond acceptors (Lipinski definition) is 4. The average Bonchev–Trinajstić information content (AvgIpc) is 2.40. The van der Waals surface area contributed by atoms with Gasteiger partial charge in [0, 0.05) is 12.8 Å². The van der Waals surface area contributed by atoms with Gasteiger partial charge in [-0.15, -0.1) is 0 Å². The van der Waals surface area contributed by atoms with E-state index >= 15 is 0 Å². The van der Waals surface area contributed by atoms with Gasteiger partial charge in [-0.25, -0.2) is 4.79 Å². The van der Waals surface area contributed by atoms with Crippen molar-refractivity contribution < 1.29 is 14.3 Å². The van der Waals surface area contributed by atoms with Crippen LogP contribution in [0.1, 0.15) is 42.5 Å². The summed E-state index contributed by atoms with van der Waals surface area (Å²) in [5, 5.41) is 0.377. The van der Waals surface area contributed by atoms with Crippen molar-refractivity contribution in [3.8, 4) is 0 Å². The van der Waals surface area contributed by atoms with Gasteiger partial charge in [0.2, 0.25) is 0 Å². The van der Waals surface area contributed by atoms with Gasteiger partial charge >= 0.3 is 5.97 Å². The highest BCUT2D eigenvalue weighted by molar-refractivity contribution is 6.33. The predicted octanol–water partition coefficient (Wildman–Crippen LogP) is 3.18. The molecule has 1 atom stereocenters. The minimum Gasteiger partial charge on any atom is -0.459 e. The number of esters is 1. The first-order valence-electron chi connectivity index (χ1n) is 6.98. The molecule has 1 aliphatic carbocycles. The molecule has 20 heavy (non-hydrogen) atoms. The first-order chi connectivity index (χ1) is 9.58. The molecule has 108 valence electrons. The van der Waals surface area contributed by atoms with Crippen LogP contribution in [0.5, 0.6) is 0 Å². The molecular formula is C15H18ClNO3. The maximum Gasteiger partial charge on any atom is 0.338 e. The van der Waals surface area contributed by atoms with Crippen LogP contribution in [0, 0.1) is 0 Å². The molecule has 1 unspecified atom stereocenters. The van der Waals surface area contributed by atoms with Crippen molar-refractivity contribution in [1.82, 2.24) is 0 Å². The van der Waals surface area contributed by atoms with Crippen molar-refractivity contribution in [2.24, 2.45) is 0 Å². The van der Waals surface area contributed by atoms with E-state index in [0.717, 1.165) is 25.7 Å². The second-order valence-electron chi connectivity index (χ2n) is 5.64. The molecule has 5 heteroatoms. The summed E-state index contributed by atoms with van der Waals surface area (Å²) < 4.78 is 11.4. The number of nitrogen functional groups attached to an aromatic ring is 1. The lowest BCUT2D eigenvalue weighted by Crippen LogP contribution is -2.48. The van der Waals surface area contributed by atoms with Gasteiger partial charge in [-0.2, -0.15) is 0 Å². The normalized spacial score (nSPS) is 24.1. The van der Waals surface area contributed by atoms with Crippen LogP contribution in [-0.2, 0) is 9.47 Å². The van der Waals surface area contributed by atoms with E-state index in [9.17, 15) is 4.79 Å². The highest BCUT2D eigenvalue weighted by Gasteiger charge is 2.43. The lowest BCUT2D eigenvalue weighted by atomic mass is 9.74. The van der Waals surface area contributed by atoms with E-state index in [1.807, 2.05) is 0 Å². The summed E-state index contributed by atoms with van der Waals surface area (Å²) in [6, 6.07) is 4.82. The molecule has 1 saturated carbocycles. The van der Waals surface area contributed by atoms with Crippen LogP contribution < -0.4 is 5.73 Å². The fourth-order valence-corrected chi connectivity index (χ4v) is 3.06. The third-order valence-corrected chi connectivity index (χ3v) is 4.55. The number of rotatable bonds is 2. The number of hydrogen-bond donors (Lipinski definition) is 1. The van der Waals surface area contributed by atoms with Crippen LogP contribution >= 0.6 is 11.6 Å². The van der Waals surface area contributed by atoms with Crippen molar-refractivity contribution in [3.63, 3.8) is 0 Å².